The van der Waals surface area contributed by atoms with E-state index in [2.05, 4.69) is 14.7 Å². The van der Waals surface area contributed by atoms with Crippen LogP contribution < -0.4 is 5.76 Å². The number of phenols is 1. The van der Waals surface area contributed by atoms with Gasteiger partial charge in [0.2, 0.25) is 0 Å². The van der Waals surface area contributed by atoms with E-state index in [4.69, 9.17) is 9.26 Å². The molecule has 0 radical (unpaired) electrons. The summed E-state index contributed by atoms with van der Waals surface area (Å²) in [7, 11) is 0. The van der Waals surface area contributed by atoms with E-state index < -0.39 is 5.76 Å². The summed E-state index contributed by atoms with van der Waals surface area (Å²) in [6.45, 7) is 3.18. The first-order valence-corrected chi connectivity index (χ1v) is 11.8. The predicted octanol–water partition coefficient (Wildman–Crippen LogP) is 5.02. The average Bonchev–Trinajstić information content (AvgIpc) is 3.37. The Kier molecular flexibility index (Phi) is 5.06. The number of hydrogen-bond donors (Lipinski definition) is 2. The smallest absolute Gasteiger partial charge is 0.438 e. The van der Waals surface area contributed by atoms with E-state index in [9.17, 15) is 14.3 Å². The number of benzene rings is 2. The van der Waals surface area contributed by atoms with Crippen molar-refractivity contribution < 1.29 is 18.8 Å². The highest BCUT2D eigenvalue weighted by molar-refractivity contribution is 5.89. The summed E-state index contributed by atoms with van der Waals surface area (Å²) in [4.78, 5) is 14.1. The van der Waals surface area contributed by atoms with E-state index in [1.165, 1.54) is 17.3 Å². The van der Waals surface area contributed by atoms with E-state index in [0.29, 0.717) is 24.6 Å². The van der Waals surface area contributed by atoms with E-state index in [-0.39, 0.29) is 29.3 Å². The number of hydrogen-bond acceptors (Lipinski definition) is 5. The van der Waals surface area contributed by atoms with Crippen LogP contribution >= 0.6 is 0 Å². The molecule has 2 aromatic heterocycles. The molecule has 6 rings (SSSR count). The van der Waals surface area contributed by atoms with Crippen molar-refractivity contribution in [2.24, 2.45) is 0 Å². The van der Waals surface area contributed by atoms with Gasteiger partial charge in [-0.05, 0) is 86.1 Å². The quantitative estimate of drug-likeness (QED) is 0.444. The topological polar surface area (TPSA) is 93.3 Å². The van der Waals surface area contributed by atoms with Crippen molar-refractivity contribution in [2.75, 3.05) is 13.2 Å². The molecule has 0 unspecified atom stereocenters. The molecular weight excluding hydrogens is 437 g/mol. The van der Waals surface area contributed by atoms with Crippen LogP contribution in [-0.4, -0.2) is 33.0 Å². The molecule has 34 heavy (non-hydrogen) atoms. The van der Waals surface area contributed by atoms with Crippen LogP contribution in [0.5, 0.6) is 5.75 Å². The average molecular weight is 464 g/mol. The molecule has 1 aliphatic heterocycles. The second-order valence-electron chi connectivity index (χ2n) is 9.50. The lowest BCUT2D eigenvalue weighted by molar-refractivity contribution is 0.0838. The molecule has 8 heteroatoms. The summed E-state index contributed by atoms with van der Waals surface area (Å²) in [6.07, 6.45) is 3.47. The number of ether oxygens (including phenoxy) is 1. The first-order valence-electron chi connectivity index (χ1n) is 11.8. The van der Waals surface area contributed by atoms with Crippen molar-refractivity contribution >= 4 is 10.9 Å². The minimum atomic E-state index is -0.533. The van der Waals surface area contributed by atoms with Gasteiger partial charge in [0.05, 0.1) is 5.52 Å². The SMILES string of the molecule is Cc1cc(-n2c(C3CCOCC3)c(C3CC(c4noc(=O)[nH]4)C3)c3cc(O)ccc32)ccc1F. The number of rotatable bonds is 4. The first-order chi connectivity index (χ1) is 16.5. The number of nitrogens with one attached hydrogen (secondary N) is 1. The van der Waals surface area contributed by atoms with Gasteiger partial charge in [-0.2, -0.15) is 0 Å². The molecule has 3 heterocycles. The van der Waals surface area contributed by atoms with Crippen molar-refractivity contribution in [3.05, 3.63) is 75.4 Å². The number of fused-ring (bicyclic) bond motifs is 1. The zero-order chi connectivity index (χ0) is 23.4. The molecular formula is C26H26FN3O4. The highest BCUT2D eigenvalue weighted by atomic mass is 19.1. The fourth-order valence-corrected chi connectivity index (χ4v) is 5.67. The summed E-state index contributed by atoms with van der Waals surface area (Å²) in [6, 6.07) is 10.7. The fourth-order valence-electron chi connectivity index (χ4n) is 5.67. The molecule has 0 amide bonds. The lowest BCUT2D eigenvalue weighted by Crippen LogP contribution is -2.25. The molecule has 2 fully saturated rings. The van der Waals surface area contributed by atoms with Gasteiger partial charge in [0.15, 0.2) is 5.82 Å². The summed E-state index contributed by atoms with van der Waals surface area (Å²) >= 11 is 0. The van der Waals surface area contributed by atoms with E-state index in [1.807, 2.05) is 24.3 Å². The van der Waals surface area contributed by atoms with Crippen molar-refractivity contribution in [2.45, 2.75) is 50.4 Å². The zero-order valence-corrected chi connectivity index (χ0v) is 18.9. The molecule has 0 bridgehead atoms. The third kappa shape index (κ3) is 3.44. The maximum atomic E-state index is 14.1. The second kappa shape index (κ2) is 8.13. The molecule has 0 spiro atoms. The normalized spacial score (nSPS) is 21.1. The van der Waals surface area contributed by atoms with Crippen LogP contribution in [0.1, 0.15) is 66.1 Å². The van der Waals surface area contributed by atoms with Crippen LogP contribution in [0.3, 0.4) is 0 Å². The van der Waals surface area contributed by atoms with Gasteiger partial charge in [0.25, 0.3) is 0 Å². The second-order valence-corrected chi connectivity index (χ2v) is 9.50. The van der Waals surface area contributed by atoms with Crippen molar-refractivity contribution in [1.82, 2.24) is 14.7 Å². The third-order valence-electron chi connectivity index (χ3n) is 7.43. The molecule has 2 N–H and O–H groups in total. The van der Waals surface area contributed by atoms with Crippen LogP contribution in [0.15, 0.2) is 45.7 Å². The Bertz CT molecular complexity index is 1420. The van der Waals surface area contributed by atoms with Crippen LogP contribution in [0.2, 0.25) is 0 Å². The van der Waals surface area contributed by atoms with Gasteiger partial charge in [0, 0.05) is 41.8 Å². The molecule has 1 aliphatic carbocycles. The molecule has 2 aliphatic rings. The molecule has 176 valence electrons. The monoisotopic (exact) mass is 463 g/mol. The summed E-state index contributed by atoms with van der Waals surface area (Å²) in [5, 5.41) is 15.3. The van der Waals surface area contributed by atoms with Gasteiger partial charge in [-0.15, -0.1) is 0 Å². The molecule has 0 atom stereocenters. The number of halogens is 1. The lowest BCUT2D eigenvalue weighted by atomic mass is 9.69. The summed E-state index contributed by atoms with van der Waals surface area (Å²) in [5.41, 5.74) is 4.95. The lowest BCUT2D eigenvalue weighted by Gasteiger charge is -2.36. The van der Waals surface area contributed by atoms with Gasteiger partial charge in [-0.3, -0.25) is 9.51 Å². The fraction of sp³-hybridized carbons (Fsp3) is 0.385. The Labute approximate surface area is 195 Å². The van der Waals surface area contributed by atoms with Crippen molar-refractivity contribution in [3.63, 3.8) is 0 Å². The van der Waals surface area contributed by atoms with Gasteiger partial charge < -0.3 is 14.4 Å². The minimum Gasteiger partial charge on any atom is -0.508 e. The number of phenolic OH excluding ortho intramolecular Hbond substituents is 1. The Morgan fingerprint density at radius 2 is 1.88 bits per heavy atom. The third-order valence-corrected chi connectivity index (χ3v) is 7.43. The number of aromatic amines is 1. The maximum absolute atomic E-state index is 14.1. The molecule has 1 saturated heterocycles. The first kappa shape index (κ1) is 21.2. The van der Waals surface area contributed by atoms with Crippen LogP contribution in [0.25, 0.3) is 16.6 Å². The van der Waals surface area contributed by atoms with Gasteiger partial charge >= 0.3 is 5.76 Å². The van der Waals surface area contributed by atoms with E-state index in [0.717, 1.165) is 42.3 Å². The van der Waals surface area contributed by atoms with E-state index >= 15 is 0 Å². The van der Waals surface area contributed by atoms with E-state index in [1.54, 1.807) is 13.0 Å². The largest absolute Gasteiger partial charge is 0.508 e. The van der Waals surface area contributed by atoms with Crippen LogP contribution in [0, 0.1) is 12.7 Å². The highest BCUT2D eigenvalue weighted by Gasteiger charge is 2.39. The number of H-pyrrole nitrogens is 1. The highest BCUT2D eigenvalue weighted by Crippen LogP contribution is 2.52. The van der Waals surface area contributed by atoms with Crippen molar-refractivity contribution in [3.8, 4) is 11.4 Å². The number of aromatic nitrogens is 3. The summed E-state index contributed by atoms with van der Waals surface area (Å²) in [5.74, 6) is 0.710. The minimum absolute atomic E-state index is 0.128. The van der Waals surface area contributed by atoms with Gasteiger partial charge in [0.1, 0.15) is 11.6 Å². The Morgan fingerprint density at radius 3 is 2.59 bits per heavy atom. The Hall–Kier alpha value is -3.39. The predicted molar refractivity (Wildman–Crippen MR) is 124 cm³/mol. The zero-order valence-electron chi connectivity index (χ0n) is 18.9. The number of aryl methyl sites for hydroxylation is 1. The Balaban J connectivity index is 1.53. The molecule has 2 aromatic carbocycles. The number of aromatic hydroxyl groups is 1. The van der Waals surface area contributed by atoms with Crippen LogP contribution in [-0.2, 0) is 4.74 Å². The Morgan fingerprint density at radius 1 is 1.09 bits per heavy atom. The standard InChI is InChI=1S/C26H26FN3O4/c1-14-10-18(2-4-21(14)27)30-22-5-3-19(31)13-20(22)23(24(30)15-6-8-33-9-7-15)16-11-17(12-16)25-28-26(32)34-29-25/h2-5,10,13,15-17,31H,6-9,11-12H2,1H3,(H,28,29,32). The van der Waals surface area contributed by atoms with Crippen LogP contribution in [0.4, 0.5) is 4.39 Å². The van der Waals surface area contributed by atoms with Gasteiger partial charge in [-0.25, -0.2) is 9.18 Å². The molecule has 7 nitrogen and oxygen atoms in total. The molecule has 1 saturated carbocycles. The maximum Gasteiger partial charge on any atom is 0.438 e. The number of nitrogens with zero attached hydrogens (tertiary/aromatic N) is 2. The van der Waals surface area contributed by atoms with Crippen molar-refractivity contribution in [1.29, 1.82) is 0 Å². The summed E-state index contributed by atoms with van der Waals surface area (Å²) < 4.78 is 26.8. The molecule has 4 aromatic rings. The van der Waals surface area contributed by atoms with Gasteiger partial charge in [-0.1, -0.05) is 5.16 Å².